The molecule has 104 valence electrons. The maximum atomic E-state index is 12.1. The zero-order valence-electron chi connectivity index (χ0n) is 11.7. The number of likely N-dealkylation sites (N-methyl/N-ethyl adjacent to an activating group) is 2. The lowest BCUT2D eigenvalue weighted by Crippen LogP contribution is -2.42. The molecule has 1 aliphatic carbocycles. The Bertz CT molecular complexity index is 303. The predicted molar refractivity (Wildman–Crippen MR) is 70.9 cm³/mol. The van der Waals surface area contributed by atoms with E-state index in [0.29, 0.717) is 13.1 Å². The van der Waals surface area contributed by atoms with Crippen molar-refractivity contribution in [3.05, 3.63) is 0 Å². The van der Waals surface area contributed by atoms with Crippen molar-refractivity contribution in [2.45, 2.75) is 39.2 Å². The minimum absolute atomic E-state index is 0.00880. The van der Waals surface area contributed by atoms with E-state index in [1.54, 1.807) is 16.8 Å². The Morgan fingerprint density at radius 1 is 1.22 bits per heavy atom. The summed E-state index contributed by atoms with van der Waals surface area (Å²) in [5.41, 5.74) is 5.81. The van der Waals surface area contributed by atoms with E-state index in [4.69, 9.17) is 5.73 Å². The van der Waals surface area contributed by atoms with Gasteiger partial charge in [0.05, 0.1) is 6.54 Å². The molecule has 0 saturated heterocycles. The van der Waals surface area contributed by atoms with Crippen molar-refractivity contribution >= 4 is 11.8 Å². The van der Waals surface area contributed by atoms with Gasteiger partial charge in [-0.1, -0.05) is 0 Å². The fourth-order valence-electron chi connectivity index (χ4n) is 2.51. The molecule has 1 aliphatic rings. The summed E-state index contributed by atoms with van der Waals surface area (Å²) in [5.74, 6) is 0.0797. The summed E-state index contributed by atoms with van der Waals surface area (Å²) in [6.45, 7) is 5.43. The first kappa shape index (κ1) is 15.0. The number of nitrogens with zero attached hydrogens (tertiary/aromatic N) is 2. The smallest absolute Gasteiger partial charge is 0.242 e. The Labute approximate surface area is 109 Å². The number of amides is 2. The molecule has 0 aromatic heterocycles. The van der Waals surface area contributed by atoms with Gasteiger partial charge in [-0.2, -0.15) is 0 Å². The number of rotatable bonds is 5. The SMILES string of the molecule is CCN(CC)C(=O)CN(C)C(=O)C1CCC(N)C1. The lowest BCUT2D eigenvalue weighted by molar-refractivity contribution is -0.141. The quantitative estimate of drug-likeness (QED) is 0.775. The molecule has 2 unspecified atom stereocenters. The highest BCUT2D eigenvalue weighted by molar-refractivity contribution is 5.85. The first-order valence-corrected chi connectivity index (χ1v) is 6.77. The molecule has 0 spiro atoms. The molecule has 1 saturated carbocycles. The van der Waals surface area contributed by atoms with Gasteiger partial charge in [0.2, 0.25) is 11.8 Å². The number of hydrogen-bond acceptors (Lipinski definition) is 3. The van der Waals surface area contributed by atoms with Crippen LogP contribution in [0.3, 0.4) is 0 Å². The number of nitrogens with two attached hydrogens (primary N) is 1. The van der Waals surface area contributed by atoms with Crippen molar-refractivity contribution < 1.29 is 9.59 Å². The van der Waals surface area contributed by atoms with Crippen molar-refractivity contribution in [1.29, 1.82) is 0 Å². The largest absolute Gasteiger partial charge is 0.342 e. The highest BCUT2D eigenvalue weighted by Gasteiger charge is 2.30. The van der Waals surface area contributed by atoms with Gasteiger partial charge in [0, 0.05) is 32.1 Å². The van der Waals surface area contributed by atoms with Gasteiger partial charge >= 0.3 is 0 Å². The van der Waals surface area contributed by atoms with Crippen molar-refractivity contribution in [2.75, 3.05) is 26.7 Å². The van der Waals surface area contributed by atoms with Crippen LogP contribution in [0.4, 0.5) is 0 Å². The molecule has 2 atom stereocenters. The molecule has 1 rings (SSSR count). The fourth-order valence-corrected chi connectivity index (χ4v) is 2.51. The molecule has 0 heterocycles. The Balaban J connectivity index is 2.47. The van der Waals surface area contributed by atoms with Gasteiger partial charge in [-0.3, -0.25) is 9.59 Å². The third kappa shape index (κ3) is 3.70. The van der Waals surface area contributed by atoms with Crippen molar-refractivity contribution in [1.82, 2.24) is 9.80 Å². The molecule has 0 aromatic rings. The minimum atomic E-state index is 0.00880. The summed E-state index contributed by atoms with van der Waals surface area (Å²) in [6.07, 6.45) is 2.51. The molecule has 0 aromatic carbocycles. The van der Waals surface area contributed by atoms with Crippen LogP contribution in [-0.4, -0.2) is 54.3 Å². The highest BCUT2D eigenvalue weighted by atomic mass is 16.2. The van der Waals surface area contributed by atoms with E-state index in [9.17, 15) is 9.59 Å². The summed E-state index contributed by atoms with van der Waals surface area (Å²) in [5, 5.41) is 0. The zero-order chi connectivity index (χ0) is 13.7. The average Bonchev–Trinajstić information content (AvgIpc) is 2.76. The molecular weight excluding hydrogens is 230 g/mol. The van der Waals surface area contributed by atoms with E-state index in [-0.39, 0.29) is 30.3 Å². The molecule has 2 amide bonds. The summed E-state index contributed by atoms with van der Waals surface area (Å²) in [6, 6.07) is 0.144. The fraction of sp³-hybridized carbons (Fsp3) is 0.846. The van der Waals surface area contributed by atoms with E-state index in [1.807, 2.05) is 13.8 Å². The van der Waals surface area contributed by atoms with Crippen LogP contribution in [0.5, 0.6) is 0 Å². The van der Waals surface area contributed by atoms with Gasteiger partial charge in [0.15, 0.2) is 0 Å². The van der Waals surface area contributed by atoms with Gasteiger partial charge < -0.3 is 15.5 Å². The molecule has 1 fully saturated rings. The molecule has 5 nitrogen and oxygen atoms in total. The number of hydrogen-bond donors (Lipinski definition) is 1. The van der Waals surface area contributed by atoms with Gasteiger partial charge in [0.25, 0.3) is 0 Å². The molecule has 0 aliphatic heterocycles. The lowest BCUT2D eigenvalue weighted by atomic mass is 10.1. The summed E-state index contributed by atoms with van der Waals surface area (Å²) in [7, 11) is 1.70. The Morgan fingerprint density at radius 2 is 1.83 bits per heavy atom. The molecule has 5 heteroatoms. The van der Waals surface area contributed by atoms with Crippen LogP contribution >= 0.6 is 0 Å². The van der Waals surface area contributed by atoms with Crippen molar-refractivity contribution in [3.63, 3.8) is 0 Å². The number of carbonyl (C=O) groups excluding carboxylic acids is 2. The third-order valence-corrected chi connectivity index (χ3v) is 3.69. The first-order chi connectivity index (χ1) is 8.49. The van der Waals surface area contributed by atoms with E-state index in [1.165, 1.54) is 0 Å². The number of carbonyl (C=O) groups is 2. The van der Waals surface area contributed by atoms with Crippen LogP contribution in [0.25, 0.3) is 0 Å². The second-order valence-corrected chi connectivity index (χ2v) is 5.03. The monoisotopic (exact) mass is 255 g/mol. The Hall–Kier alpha value is -1.10. The van der Waals surface area contributed by atoms with E-state index in [0.717, 1.165) is 19.3 Å². The molecule has 0 bridgehead atoms. The van der Waals surface area contributed by atoms with Crippen molar-refractivity contribution in [3.8, 4) is 0 Å². The molecule has 2 N–H and O–H groups in total. The van der Waals surface area contributed by atoms with Crippen LogP contribution in [-0.2, 0) is 9.59 Å². The third-order valence-electron chi connectivity index (χ3n) is 3.69. The summed E-state index contributed by atoms with van der Waals surface area (Å²) >= 11 is 0. The predicted octanol–water partition coefficient (Wildman–Crippen LogP) is 0.441. The molecule has 18 heavy (non-hydrogen) atoms. The van der Waals surface area contributed by atoms with Crippen LogP contribution < -0.4 is 5.73 Å². The first-order valence-electron chi connectivity index (χ1n) is 6.77. The van der Waals surface area contributed by atoms with Crippen LogP contribution in [0.2, 0.25) is 0 Å². The van der Waals surface area contributed by atoms with E-state index >= 15 is 0 Å². The Kier molecular flexibility index (Phi) is 5.59. The van der Waals surface area contributed by atoms with Crippen LogP contribution in [0.1, 0.15) is 33.1 Å². The second kappa shape index (κ2) is 6.73. The second-order valence-electron chi connectivity index (χ2n) is 5.03. The van der Waals surface area contributed by atoms with E-state index in [2.05, 4.69) is 0 Å². The van der Waals surface area contributed by atoms with Gasteiger partial charge in [0.1, 0.15) is 0 Å². The van der Waals surface area contributed by atoms with Crippen molar-refractivity contribution in [2.24, 2.45) is 11.7 Å². The average molecular weight is 255 g/mol. The molecular formula is C13H25N3O2. The summed E-state index contributed by atoms with van der Waals surface area (Å²) < 4.78 is 0. The normalized spacial score (nSPS) is 22.9. The lowest BCUT2D eigenvalue weighted by Gasteiger charge is -2.25. The maximum Gasteiger partial charge on any atom is 0.242 e. The maximum absolute atomic E-state index is 12.1. The standard InChI is InChI=1S/C13H25N3O2/c1-4-16(5-2)12(17)9-15(3)13(18)10-6-7-11(14)8-10/h10-11H,4-9,14H2,1-3H3. The Morgan fingerprint density at radius 3 is 2.28 bits per heavy atom. The highest BCUT2D eigenvalue weighted by Crippen LogP contribution is 2.25. The minimum Gasteiger partial charge on any atom is -0.342 e. The molecule has 0 radical (unpaired) electrons. The summed E-state index contributed by atoms with van der Waals surface area (Å²) in [4.78, 5) is 27.3. The van der Waals surface area contributed by atoms with Crippen LogP contribution in [0.15, 0.2) is 0 Å². The van der Waals surface area contributed by atoms with Gasteiger partial charge in [-0.25, -0.2) is 0 Å². The van der Waals surface area contributed by atoms with Gasteiger partial charge in [-0.05, 0) is 33.1 Å². The zero-order valence-corrected chi connectivity index (χ0v) is 11.7. The topological polar surface area (TPSA) is 66.6 Å². The van der Waals surface area contributed by atoms with E-state index < -0.39 is 0 Å². The van der Waals surface area contributed by atoms with Gasteiger partial charge in [-0.15, -0.1) is 0 Å². The van der Waals surface area contributed by atoms with Crippen LogP contribution in [0, 0.1) is 5.92 Å².